The van der Waals surface area contributed by atoms with Crippen LogP contribution >= 0.6 is 0 Å². The fourth-order valence-corrected chi connectivity index (χ4v) is 2.25. The summed E-state index contributed by atoms with van der Waals surface area (Å²) >= 11 is 0. The molecule has 0 radical (unpaired) electrons. The molecule has 1 aromatic carbocycles. The molecule has 2 N–H and O–H groups in total. The summed E-state index contributed by atoms with van der Waals surface area (Å²) in [6, 6.07) is 6.60. The standard InChI is InChI=1S/C14H19NO2/c15-8-6-14(16)17-9-7-11-4-5-12-2-1-3-13(12)10-11/h4-5,10H,1-3,6-9,15H2. The zero-order valence-electron chi connectivity index (χ0n) is 10.1. The third-order valence-corrected chi connectivity index (χ3v) is 3.17. The van der Waals surface area contributed by atoms with Crippen LogP contribution in [0, 0.1) is 0 Å². The van der Waals surface area contributed by atoms with E-state index in [0.29, 0.717) is 19.6 Å². The average molecular weight is 233 g/mol. The fourth-order valence-electron chi connectivity index (χ4n) is 2.25. The molecular weight excluding hydrogens is 214 g/mol. The van der Waals surface area contributed by atoms with Crippen LogP contribution in [0.4, 0.5) is 0 Å². The number of carbonyl (C=O) groups excluding carboxylic acids is 1. The van der Waals surface area contributed by atoms with Crippen molar-refractivity contribution in [1.82, 2.24) is 0 Å². The van der Waals surface area contributed by atoms with E-state index < -0.39 is 0 Å². The normalized spacial score (nSPS) is 13.5. The molecule has 0 unspecified atom stereocenters. The summed E-state index contributed by atoms with van der Waals surface area (Å²) in [4.78, 5) is 11.1. The van der Waals surface area contributed by atoms with Gasteiger partial charge in [-0.25, -0.2) is 0 Å². The van der Waals surface area contributed by atoms with Crippen molar-refractivity contribution < 1.29 is 9.53 Å². The molecule has 3 nitrogen and oxygen atoms in total. The van der Waals surface area contributed by atoms with Crippen molar-refractivity contribution in [2.24, 2.45) is 5.73 Å². The second kappa shape index (κ2) is 5.82. The molecule has 0 saturated carbocycles. The Morgan fingerprint density at radius 2 is 2.12 bits per heavy atom. The molecule has 0 bridgehead atoms. The van der Waals surface area contributed by atoms with Crippen LogP contribution in [0.5, 0.6) is 0 Å². The molecule has 92 valence electrons. The average Bonchev–Trinajstić information content (AvgIpc) is 2.76. The van der Waals surface area contributed by atoms with Crippen molar-refractivity contribution in [3.8, 4) is 0 Å². The van der Waals surface area contributed by atoms with E-state index in [-0.39, 0.29) is 5.97 Å². The monoisotopic (exact) mass is 233 g/mol. The van der Waals surface area contributed by atoms with E-state index in [2.05, 4.69) is 18.2 Å². The lowest BCUT2D eigenvalue weighted by Gasteiger charge is -2.06. The molecule has 0 heterocycles. The van der Waals surface area contributed by atoms with Gasteiger partial charge >= 0.3 is 5.97 Å². The first-order chi connectivity index (χ1) is 8.29. The smallest absolute Gasteiger partial charge is 0.307 e. The summed E-state index contributed by atoms with van der Waals surface area (Å²) in [5.74, 6) is -0.200. The number of esters is 1. The maximum atomic E-state index is 11.1. The van der Waals surface area contributed by atoms with E-state index in [0.717, 1.165) is 6.42 Å². The van der Waals surface area contributed by atoms with E-state index in [1.807, 2.05) is 0 Å². The quantitative estimate of drug-likeness (QED) is 0.786. The maximum Gasteiger partial charge on any atom is 0.307 e. The molecule has 0 aliphatic heterocycles. The summed E-state index contributed by atoms with van der Waals surface area (Å²) < 4.78 is 5.09. The van der Waals surface area contributed by atoms with Gasteiger partial charge in [0.2, 0.25) is 0 Å². The summed E-state index contributed by atoms with van der Waals surface area (Å²) in [6.07, 6.45) is 4.77. The molecule has 1 aliphatic rings. The molecule has 0 aromatic heterocycles. The number of hydrogen-bond acceptors (Lipinski definition) is 3. The minimum absolute atomic E-state index is 0.200. The number of rotatable bonds is 5. The lowest BCUT2D eigenvalue weighted by molar-refractivity contribution is -0.143. The van der Waals surface area contributed by atoms with Gasteiger partial charge in [0, 0.05) is 13.0 Å². The molecule has 0 saturated heterocycles. The van der Waals surface area contributed by atoms with E-state index in [9.17, 15) is 4.79 Å². The minimum Gasteiger partial charge on any atom is -0.465 e. The highest BCUT2D eigenvalue weighted by Crippen LogP contribution is 2.22. The van der Waals surface area contributed by atoms with Crippen LogP contribution in [0.15, 0.2) is 18.2 Å². The Balaban J connectivity index is 1.81. The zero-order chi connectivity index (χ0) is 12.1. The Morgan fingerprint density at radius 1 is 1.29 bits per heavy atom. The second-order valence-electron chi connectivity index (χ2n) is 4.47. The molecule has 1 aliphatic carbocycles. The van der Waals surface area contributed by atoms with Gasteiger partial charge in [-0.3, -0.25) is 4.79 Å². The SMILES string of the molecule is NCCC(=O)OCCc1ccc2c(c1)CCC2. The van der Waals surface area contributed by atoms with Crippen LogP contribution in [0.25, 0.3) is 0 Å². The molecule has 0 fully saturated rings. The van der Waals surface area contributed by atoms with Gasteiger partial charge < -0.3 is 10.5 Å². The predicted molar refractivity (Wildman–Crippen MR) is 66.8 cm³/mol. The second-order valence-corrected chi connectivity index (χ2v) is 4.47. The van der Waals surface area contributed by atoms with Crippen molar-refractivity contribution >= 4 is 5.97 Å². The predicted octanol–water partition coefficient (Wildman–Crippen LogP) is 1.61. The summed E-state index contributed by atoms with van der Waals surface area (Å²) in [7, 11) is 0. The van der Waals surface area contributed by atoms with E-state index >= 15 is 0 Å². The highest BCUT2D eigenvalue weighted by atomic mass is 16.5. The first-order valence-corrected chi connectivity index (χ1v) is 6.26. The van der Waals surface area contributed by atoms with Crippen molar-refractivity contribution in [2.75, 3.05) is 13.2 Å². The highest BCUT2D eigenvalue weighted by molar-refractivity contribution is 5.69. The van der Waals surface area contributed by atoms with Gasteiger partial charge in [0.1, 0.15) is 0 Å². The molecule has 17 heavy (non-hydrogen) atoms. The molecule has 2 rings (SSSR count). The third kappa shape index (κ3) is 3.30. The summed E-state index contributed by atoms with van der Waals surface area (Å²) in [5.41, 5.74) is 9.48. The molecule has 0 spiro atoms. The van der Waals surface area contributed by atoms with Gasteiger partial charge in [0.25, 0.3) is 0 Å². The van der Waals surface area contributed by atoms with Crippen molar-refractivity contribution in [1.29, 1.82) is 0 Å². The van der Waals surface area contributed by atoms with Gasteiger partial charge in [0.15, 0.2) is 0 Å². The summed E-state index contributed by atoms with van der Waals surface area (Å²) in [5, 5.41) is 0. The molecule has 1 aromatic rings. The van der Waals surface area contributed by atoms with Gasteiger partial charge in [-0.15, -0.1) is 0 Å². The first kappa shape index (κ1) is 12.1. The van der Waals surface area contributed by atoms with Crippen molar-refractivity contribution in [3.63, 3.8) is 0 Å². The number of nitrogens with two attached hydrogens (primary N) is 1. The van der Waals surface area contributed by atoms with Crippen LogP contribution in [0.2, 0.25) is 0 Å². The van der Waals surface area contributed by atoms with Crippen LogP contribution in [-0.4, -0.2) is 19.1 Å². The largest absolute Gasteiger partial charge is 0.465 e. The molecular formula is C14H19NO2. The Hall–Kier alpha value is -1.35. The van der Waals surface area contributed by atoms with Crippen molar-refractivity contribution in [2.45, 2.75) is 32.1 Å². The fraction of sp³-hybridized carbons (Fsp3) is 0.500. The van der Waals surface area contributed by atoms with E-state index in [1.54, 1.807) is 0 Å². The number of carbonyl (C=O) groups is 1. The minimum atomic E-state index is -0.200. The van der Waals surface area contributed by atoms with E-state index in [1.165, 1.54) is 36.0 Å². The lowest BCUT2D eigenvalue weighted by atomic mass is 10.0. The molecule has 0 atom stereocenters. The Kier molecular flexibility index (Phi) is 4.15. The molecule has 0 amide bonds. The number of fused-ring (bicyclic) bond motifs is 1. The Labute approximate surface area is 102 Å². The summed E-state index contributed by atoms with van der Waals surface area (Å²) in [6.45, 7) is 0.815. The van der Waals surface area contributed by atoms with E-state index in [4.69, 9.17) is 10.5 Å². The van der Waals surface area contributed by atoms with Gasteiger partial charge in [-0.05, 0) is 36.0 Å². The first-order valence-electron chi connectivity index (χ1n) is 6.26. The van der Waals surface area contributed by atoms with Gasteiger partial charge in [0.05, 0.1) is 13.0 Å². The maximum absolute atomic E-state index is 11.1. The topological polar surface area (TPSA) is 52.3 Å². The number of aryl methyl sites for hydroxylation is 2. The Morgan fingerprint density at radius 3 is 2.94 bits per heavy atom. The highest BCUT2D eigenvalue weighted by Gasteiger charge is 2.10. The zero-order valence-corrected chi connectivity index (χ0v) is 10.1. The number of hydrogen-bond donors (Lipinski definition) is 1. The van der Waals surface area contributed by atoms with Crippen molar-refractivity contribution in [3.05, 3.63) is 34.9 Å². The van der Waals surface area contributed by atoms with Gasteiger partial charge in [-0.2, -0.15) is 0 Å². The third-order valence-electron chi connectivity index (χ3n) is 3.17. The molecule has 3 heteroatoms. The number of ether oxygens (including phenoxy) is 1. The van der Waals surface area contributed by atoms with Crippen LogP contribution in [0.1, 0.15) is 29.5 Å². The van der Waals surface area contributed by atoms with Crippen LogP contribution in [0.3, 0.4) is 0 Å². The van der Waals surface area contributed by atoms with Crippen LogP contribution < -0.4 is 5.73 Å². The van der Waals surface area contributed by atoms with Crippen LogP contribution in [-0.2, 0) is 28.8 Å². The van der Waals surface area contributed by atoms with Gasteiger partial charge in [-0.1, -0.05) is 18.2 Å². The number of benzene rings is 1. The Bertz CT molecular complexity index is 401. The lowest BCUT2D eigenvalue weighted by Crippen LogP contribution is -2.12.